The van der Waals surface area contributed by atoms with Crippen molar-refractivity contribution < 1.29 is 0 Å². The predicted molar refractivity (Wildman–Crippen MR) is 62.8 cm³/mol. The maximum Gasteiger partial charge on any atom is -0.00623 e. The van der Waals surface area contributed by atoms with Crippen molar-refractivity contribution in [2.75, 3.05) is 0 Å². The van der Waals surface area contributed by atoms with Crippen LogP contribution in [0, 0.1) is 0 Å². The third kappa shape index (κ3) is 2.49. The van der Waals surface area contributed by atoms with Crippen molar-refractivity contribution in [3.05, 3.63) is 53.7 Å². The highest BCUT2D eigenvalue weighted by atomic mass is 14.5. The molecule has 0 saturated carbocycles. The van der Waals surface area contributed by atoms with Crippen LogP contribution in [0.25, 0.3) is 5.57 Å². The van der Waals surface area contributed by atoms with Crippen molar-refractivity contribution in [1.82, 2.24) is 0 Å². The first-order chi connectivity index (χ1) is 6.79. The molecule has 0 saturated heterocycles. The summed E-state index contributed by atoms with van der Waals surface area (Å²) in [6, 6.07) is 8.46. The third-order valence-electron chi connectivity index (χ3n) is 2.28. The van der Waals surface area contributed by atoms with E-state index in [1.807, 2.05) is 12.2 Å². The molecule has 0 spiro atoms. The summed E-state index contributed by atoms with van der Waals surface area (Å²) in [5, 5.41) is 0. The first kappa shape index (κ1) is 10.6. The molecule has 0 bridgehead atoms. The highest BCUT2D eigenvalue weighted by Crippen LogP contribution is 2.18. The molecule has 14 heavy (non-hydrogen) atoms. The molecule has 2 N–H and O–H groups in total. The van der Waals surface area contributed by atoms with E-state index in [1.165, 1.54) is 16.7 Å². The van der Waals surface area contributed by atoms with Crippen LogP contribution in [0.15, 0.2) is 42.6 Å². The monoisotopic (exact) mass is 187 g/mol. The Hall–Kier alpha value is -1.50. The first-order valence-corrected chi connectivity index (χ1v) is 4.93. The Labute approximate surface area is 85.9 Å². The maximum absolute atomic E-state index is 5.30. The number of hydrogen-bond acceptors (Lipinski definition) is 1. The summed E-state index contributed by atoms with van der Waals surface area (Å²) in [6.45, 7) is 4.28. The van der Waals surface area contributed by atoms with E-state index in [9.17, 15) is 0 Å². The van der Waals surface area contributed by atoms with Gasteiger partial charge in [0.1, 0.15) is 0 Å². The molecule has 0 fully saturated rings. The van der Waals surface area contributed by atoms with E-state index in [1.54, 1.807) is 6.20 Å². The summed E-state index contributed by atoms with van der Waals surface area (Å²) < 4.78 is 0. The highest BCUT2D eigenvalue weighted by molar-refractivity contribution is 5.67. The third-order valence-corrected chi connectivity index (χ3v) is 2.28. The second-order valence-electron chi connectivity index (χ2n) is 3.25. The molecule has 0 radical (unpaired) electrons. The van der Waals surface area contributed by atoms with Gasteiger partial charge in [0.2, 0.25) is 0 Å². The molecule has 74 valence electrons. The molecule has 1 aromatic carbocycles. The highest BCUT2D eigenvalue weighted by Gasteiger charge is 1.99. The molecule has 1 rings (SSSR count). The van der Waals surface area contributed by atoms with Crippen LogP contribution in [0.2, 0.25) is 0 Å². The Morgan fingerprint density at radius 3 is 2.71 bits per heavy atom. The van der Waals surface area contributed by atoms with E-state index in [0.29, 0.717) is 0 Å². The molecule has 0 aliphatic heterocycles. The van der Waals surface area contributed by atoms with Crippen molar-refractivity contribution in [3.63, 3.8) is 0 Å². The van der Waals surface area contributed by atoms with Gasteiger partial charge in [-0.3, -0.25) is 0 Å². The average Bonchev–Trinajstić information content (AvgIpc) is 2.25. The van der Waals surface area contributed by atoms with E-state index in [0.717, 1.165) is 6.42 Å². The summed E-state index contributed by atoms with van der Waals surface area (Å²) in [7, 11) is 0. The van der Waals surface area contributed by atoms with E-state index < -0.39 is 0 Å². The molecule has 0 aromatic heterocycles. The number of hydrogen-bond donors (Lipinski definition) is 1. The predicted octanol–water partition coefficient (Wildman–Crippen LogP) is 3.12. The maximum atomic E-state index is 5.30. The van der Waals surface area contributed by atoms with E-state index in [2.05, 4.69) is 38.1 Å². The lowest BCUT2D eigenvalue weighted by molar-refractivity contribution is 1.13. The molecule has 0 amide bonds. The van der Waals surface area contributed by atoms with Gasteiger partial charge >= 0.3 is 0 Å². The molecular formula is C13H17N. The minimum Gasteiger partial charge on any atom is -0.405 e. The zero-order valence-corrected chi connectivity index (χ0v) is 8.83. The summed E-state index contributed by atoms with van der Waals surface area (Å²) in [5.41, 5.74) is 9.25. The van der Waals surface area contributed by atoms with Crippen LogP contribution in [0.1, 0.15) is 25.0 Å². The first-order valence-electron chi connectivity index (χ1n) is 4.93. The lowest BCUT2D eigenvalue weighted by Crippen LogP contribution is -1.88. The zero-order chi connectivity index (χ0) is 10.4. The second-order valence-corrected chi connectivity index (χ2v) is 3.25. The molecule has 1 aromatic rings. The summed E-state index contributed by atoms with van der Waals surface area (Å²) in [5.74, 6) is 0. The fourth-order valence-electron chi connectivity index (χ4n) is 1.50. The van der Waals surface area contributed by atoms with Gasteiger partial charge in [-0.1, -0.05) is 37.3 Å². The van der Waals surface area contributed by atoms with Gasteiger partial charge in [0.15, 0.2) is 0 Å². The van der Waals surface area contributed by atoms with Crippen LogP contribution in [-0.2, 0) is 6.42 Å². The molecule has 0 aliphatic carbocycles. The van der Waals surface area contributed by atoms with Crippen molar-refractivity contribution in [1.29, 1.82) is 0 Å². The SMILES string of the molecule is CCc1ccccc1/C(C)=C/C=C\N. The number of nitrogens with two attached hydrogens (primary N) is 1. The molecular weight excluding hydrogens is 170 g/mol. The van der Waals surface area contributed by atoms with Crippen LogP contribution in [0.5, 0.6) is 0 Å². The molecule has 0 atom stereocenters. The lowest BCUT2D eigenvalue weighted by Gasteiger charge is -2.06. The summed E-state index contributed by atoms with van der Waals surface area (Å²) >= 11 is 0. The van der Waals surface area contributed by atoms with Gasteiger partial charge in [0.25, 0.3) is 0 Å². The van der Waals surface area contributed by atoms with Gasteiger partial charge in [-0.15, -0.1) is 0 Å². The fraction of sp³-hybridized carbons (Fsp3) is 0.231. The van der Waals surface area contributed by atoms with Crippen LogP contribution >= 0.6 is 0 Å². The lowest BCUT2D eigenvalue weighted by atomic mass is 9.99. The quantitative estimate of drug-likeness (QED) is 0.723. The van der Waals surface area contributed by atoms with Gasteiger partial charge in [-0.05, 0) is 42.3 Å². The fourth-order valence-corrected chi connectivity index (χ4v) is 1.50. The van der Waals surface area contributed by atoms with Crippen molar-refractivity contribution in [2.45, 2.75) is 20.3 Å². The Bertz CT molecular complexity index is 348. The topological polar surface area (TPSA) is 26.0 Å². The van der Waals surface area contributed by atoms with Crippen molar-refractivity contribution in [3.8, 4) is 0 Å². The van der Waals surface area contributed by atoms with Crippen LogP contribution in [-0.4, -0.2) is 0 Å². The van der Waals surface area contributed by atoms with E-state index in [-0.39, 0.29) is 0 Å². The minimum atomic E-state index is 1.06. The zero-order valence-electron chi connectivity index (χ0n) is 8.83. The van der Waals surface area contributed by atoms with Crippen LogP contribution in [0.4, 0.5) is 0 Å². The van der Waals surface area contributed by atoms with Crippen LogP contribution in [0.3, 0.4) is 0 Å². The largest absolute Gasteiger partial charge is 0.405 e. The molecule has 0 aliphatic rings. The van der Waals surface area contributed by atoms with Gasteiger partial charge < -0.3 is 5.73 Å². The average molecular weight is 187 g/mol. The van der Waals surface area contributed by atoms with Gasteiger partial charge in [-0.25, -0.2) is 0 Å². The van der Waals surface area contributed by atoms with Crippen molar-refractivity contribution in [2.24, 2.45) is 5.73 Å². The molecule has 1 heteroatoms. The number of aryl methyl sites for hydroxylation is 1. The standard InChI is InChI=1S/C13H17N/c1-3-12-8-4-5-9-13(12)11(2)7-6-10-14/h4-10H,3,14H2,1-2H3/b10-6-,11-7+. The minimum absolute atomic E-state index is 1.06. The number of allylic oxidation sites excluding steroid dienone is 3. The van der Waals surface area contributed by atoms with Gasteiger partial charge in [0.05, 0.1) is 0 Å². The Morgan fingerprint density at radius 1 is 1.36 bits per heavy atom. The summed E-state index contributed by atoms with van der Waals surface area (Å²) in [4.78, 5) is 0. The Morgan fingerprint density at radius 2 is 2.07 bits per heavy atom. The summed E-state index contributed by atoms with van der Waals surface area (Å²) in [6.07, 6.45) is 6.52. The Kier molecular flexibility index (Phi) is 3.99. The number of rotatable bonds is 3. The Balaban J connectivity index is 3.05. The van der Waals surface area contributed by atoms with Gasteiger partial charge in [-0.2, -0.15) is 0 Å². The molecule has 1 nitrogen and oxygen atoms in total. The smallest absolute Gasteiger partial charge is 0.00623 e. The van der Waals surface area contributed by atoms with E-state index >= 15 is 0 Å². The second kappa shape index (κ2) is 5.28. The normalized spacial score (nSPS) is 12.3. The van der Waals surface area contributed by atoms with Crippen molar-refractivity contribution >= 4 is 5.57 Å². The molecule has 0 heterocycles. The van der Waals surface area contributed by atoms with E-state index in [4.69, 9.17) is 5.73 Å². The molecule has 0 unspecified atom stereocenters. The number of benzene rings is 1. The van der Waals surface area contributed by atoms with Crippen LogP contribution < -0.4 is 5.73 Å². The van der Waals surface area contributed by atoms with Gasteiger partial charge in [0, 0.05) is 0 Å².